The van der Waals surface area contributed by atoms with Crippen molar-refractivity contribution < 1.29 is 14.0 Å². The molecule has 8 heteroatoms. The number of anilines is 1. The van der Waals surface area contributed by atoms with Gasteiger partial charge in [0.2, 0.25) is 0 Å². The van der Waals surface area contributed by atoms with Crippen LogP contribution in [0.25, 0.3) is 0 Å². The van der Waals surface area contributed by atoms with Gasteiger partial charge in [-0.15, -0.1) is 5.10 Å². The Bertz CT molecular complexity index is 1080. The van der Waals surface area contributed by atoms with E-state index in [0.717, 1.165) is 22.7 Å². The van der Waals surface area contributed by atoms with Crippen LogP contribution in [0, 0.1) is 19.8 Å². The zero-order valence-electron chi connectivity index (χ0n) is 15.4. The molecule has 2 atom stereocenters. The van der Waals surface area contributed by atoms with Crippen LogP contribution in [-0.2, 0) is 9.59 Å². The third-order valence-electron chi connectivity index (χ3n) is 5.24. The molecule has 0 radical (unpaired) electrons. The Hall–Kier alpha value is -3.42. The van der Waals surface area contributed by atoms with E-state index in [0.29, 0.717) is 24.3 Å². The summed E-state index contributed by atoms with van der Waals surface area (Å²) in [6, 6.07) is 5.50. The van der Waals surface area contributed by atoms with Gasteiger partial charge < -0.3 is 4.42 Å². The van der Waals surface area contributed by atoms with E-state index in [1.54, 1.807) is 12.3 Å². The zero-order valence-corrected chi connectivity index (χ0v) is 15.4. The fourth-order valence-corrected chi connectivity index (χ4v) is 4.04. The zero-order chi connectivity index (χ0) is 19.4. The van der Waals surface area contributed by atoms with Crippen LogP contribution in [-0.4, -0.2) is 33.7 Å². The van der Waals surface area contributed by atoms with Crippen LogP contribution in [0.2, 0.25) is 0 Å². The number of allylic oxidation sites excluding steroid dienone is 1. The number of Topliss-reactive ketones (excluding diaryl/α,β-unsaturated/α-hetero) is 1. The largest absolute Gasteiger partial charge is 0.469 e. The molecule has 0 bridgehead atoms. The maximum absolute atomic E-state index is 13.2. The molecule has 3 aliphatic rings. The number of nitrogens with zero attached hydrogens (tertiary/aromatic N) is 5. The highest BCUT2D eigenvalue weighted by Gasteiger charge is 2.46. The highest BCUT2D eigenvalue weighted by molar-refractivity contribution is 6.26. The molecule has 2 aromatic rings. The molecule has 2 aromatic heterocycles. The summed E-state index contributed by atoms with van der Waals surface area (Å²) in [5.74, 6) is 0.280. The number of amides is 1. The molecule has 0 spiro atoms. The van der Waals surface area contributed by atoms with Gasteiger partial charge in [-0.25, -0.2) is 15.0 Å². The van der Waals surface area contributed by atoms with Crippen LogP contribution < -0.4 is 5.01 Å². The molecular formula is C20H17N5O3. The minimum Gasteiger partial charge on any atom is -0.469 e. The highest BCUT2D eigenvalue weighted by Crippen LogP contribution is 2.42. The van der Waals surface area contributed by atoms with Crippen molar-refractivity contribution in [3.8, 4) is 0 Å². The number of dihydropyridines is 1. The van der Waals surface area contributed by atoms with Crippen LogP contribution in [0.3, 0.4) is 0 Å². The summed E-state index contributed by atoms with van der Waals surface area (Å²) in [6.45, 7) is 3.68. The summed E-state index contributed by atoms with van der Waals surface area (Å²) in [5.41, 5.74) is 2.77. The Morgan fingerprint density at radius 2 is 1.93 bits per heavy atom. The summed E-state index contributed by atoms with van der Waals surface area (Å²) in [6.07, 6.45) is 4.02. The highest BCUT2D eigenvalue weighted by atomic mass is 16.3. The number of hydrogen-bond acceptors (Lipinski definition) is 7. The fourth-order valence-electron chi connectivity index (χ4n) is 4.04. The Morgan fingerprint density at radius 3 is 2.64 bits per heavy atom. The van der Waals surface area contributed by atoms with E-state index in [4.69, 9.17) is 4.42 Å². The molecule has 0 aromatic carbocycles. The van der Waals surface area contributed by atoms with Crippen LogP contribution in [0.15, 0.2) is 50.1 Å². The summed E-state index contributed by atoms with van der Waals surface area (Å²) < 4.78 is 5.50. The SMILES string of the molecule is Cc1cc(C)nc(N2N=C3N=CC4=C(CC(c5ccco5)CC4=O)C3C2=O)n1. The molecule has 0 saturated heterocycles. The quantitative estimate of drug-likeness (QED) is 0.803. The van der Waals surface area contributed by atoms with Gasteiger partial charge in [0.05, 0.1) is 6.26 Å². The van der Waals surface area contributed by atoms with Crippen molar-refractivity contribution in [2.75, 3.05) is 5.01 Å². The van der Waals surface area contributed by atoms with E-state index in [-0.39, 0.29) is 23.6 Å². The number of aryl methyl sites for hydroxylation is 2. The van der Waals surface area contributed by atoms with Gasteiger partial charge in [0.15, 0.2) is 11.6 Å². The molecule has 2 aliphatic heterocycles. The third-order valence-corrected chi connectivity index (χ3v) is 5.24. The molecule has 2 unspecified atom stereocenters. The molecule has 1 aliphatic carbocycles. The normalized spacial score (nSPS) is 23.8. The van der Waals surface area contributed by atoms with Crippen LogP contribution >= 0.6 is 0 Å². The van der Waals surface area contributed by atoms with Crippen molar-refractivity contribution in [1.82, 2.24) is 9.97 Å². The van der Waals surface area contributed by atoms with E-state index in [1.807, 2.05) is 26.0 Å². The van der Waals surface area contributed by atoms with Crippen molar-refractivity contribution in [1.29, 1.82) is 0 Å². The first kappa shape index (κ1) is 16.7. The Kier molecular flexibility index (Phi) is 3.61. The summed E-state index contributed by atoms with van der Waals surface area (Å²) in [5, 5.41) is 5.56. The number of ketones is 1. The number of hydrazone groups is 1. The Morgan fingerprint density at radius 1 is 1.14 bits per heavy atom. The predicted octanol–water partition coefficient (Wildman–Crippen LogP) is 2.49. The lowest BCUT2D eigenvalue weighted by atomic mass is 9.75. The smallest absolute Gasteiger partial charge is 0.265 e. The maximum Gasteiger partial charge on any atom is 0.265 e. The van der Waals surface area contributed by atoms with Gasteiger partial charge in [0, 0.05) is 35.5 Å². The predicted molar refractivity (Wildman–Crippen MR) is 101 cm³/mol. The molecule has 0 N–H and O–H groups in total. The number of amidine groups is 1. The van der Waals surface area contributed by atoms with E-state index in [1.165, 1.54) is 11.2 Å². The summed E-state index contributed by atoms with van der Waals surface area (Å²) in [4.78, 5) is 38.9. The van der Waals surface area contributed by atoms with Crippen molar-refractivity contribution >= 4 is 29.7 Å². The van der Waals surface area contributed by atoms with Gasteiger partial charge in [-0.05, 0) is 44.0 Å². The first-order valence-corrected chi connectivity index (χ1v) is 9.09. The van der Waals surface area contributed by atoms with Crippen LogP contribution in [0.5, 0.6) is 0 Å². The van der Waals surface area contributed by atoms with E-state index in [2.05, 4.69) is 20.1 Å². The molecule has 140 valence electrons. The summed E-state index contributed by atoms with van der Waals surface area (Å²) >= 11 is 0. The molecule has 0 fully saturated rings. The lowest BCUT2D eigenvalue weighted by Gasteiger charge is -2.28. The number of rotatable bonds is 2. The standard InChI is InChI=1S/C20H17N5O3/c1-10-6-11(2)23-20(22-10)25-19(27)17-13-7-12(16-4-3-5-28-16)8-15(26)14(13)9-21-18(17)24-25/h3-6,9,12,17H,7-8H2,1-2H3. The maximum atomic E-state index is 13.2. The second-order valence-electron chi connectivity index (χ2n) is 7.23. The number of fused-ring (bicyclic) bond motifs is 2. The Balaban J connectivity index is 1.53. The minimum absolute atomic E-state index is 0.0284. The van der Waals surface area contributed by atoms with Crippen molar-refractivity contribution in [2.45, 2.75) is 32.6 Å². The van der Waals surface area contributed by atoms with E-state index >= 15 is 0 Å². The molecule has 4 heterocycles. The number of carbonyl (C=O) groups excluding carboxylic acids is 2. The monoisotopic (exact) mass is 375 g/mol. The third kappa shape index (κ3) is 2.52. The van der Waals surface area contributed by atoms with Gasteiger partial charge in [0.25, 0.3) is 11.9 Å². The van der Waals surface area contributed by atoms with E-state index in [9.17, 15) is 9.59 Å². The van der Waals surface area contributed by atoms with Gasteiger partial charge in [-0.1, -0.05) is 0 Å². The number of furan rings is 1. The van der Waals surface area contributed by atoms with Crippen molar-refractivity contribution in [2.24, 2.45) is 16.0 Å². The van der Waals surface area contributed by atoms with Crippen LogP contribution in [0.1, 0.15) is 35.9 Å². The average molecular weight is 375 g/mol. The number of hydrogen-bond donors (Lipinski definition) is 0. The molecular weight excluding hydrogens is 358 g/mol. The van der Waals surface area contributed by atoms with Crippen molar-refractivity contribution in [3.63, 3.8) is 0 Å². The number of aliphatic imine (C=N–C) groups is 1. The topological polar surface area (TPSA) is 101 Å². The second kappa shape index (κ2) is 6.05. The molecule has 0 saturated carbocycles. The lowest BCUT2D eigenvalue weighted by molar-refractivity contribution is -0.119. The van der Waals surface area contributed by atoms with Gasteiger partial charge in [-0.2, -0.15) is 5.01 Å². The van der Waals surface area contributed by atoms with Gasteiger partial charge in [-0.3, -0.25) is 9.59 Å². The summed E-state index contributed by atoms with van der Waals surface area (Å²) in [7, 11) is 0. The first-order valence-electron chi connectivity index (χ1n) is 9.09. The van der Waals surface area contributed by atoms with Crippen LogP contribution in [0.4, 0.5) is 5.95 Å². The first-order chi connectivity index (χ1) is 13.5. The molecule has 5 rings (SSSR count). The van der Waals surface area contributed by atoms with Gasteiger partial charge >= 0.3 is 0 Å². The molecule has 28 heavy (non-hydrogen) atoms. The fraction of sp³-hybridized carbons (Fsp3) is 0.300. The average Bonchev–Trinajstić information content (AvgIpc) is 3.29. The second-order valence-corrected chi connectivity index (χ2v) is 7.23. The lowest BCUT2D eigenvalue weighted by Crippen LogP contribution is -2.35. The number of aromatic nitrogens is 2. The number of carbonyl (C=O) groups is 2. The van der Waals surface area contributed by atoms with Crippen molar-refractivity contribution in [3.05, 3.63) is 52.8 Å². The molecule has 8 nitrogen and oxygen atoms in total. The van der Waals surface area contributed by atoms with E-state index < -0.39 is 5.92 Å². The minimum atomic E-state index is -0.675. The Labute approximate surface area is 160 Å². The molecule has 1 amide bonds. The van der Waals surface area contributed by atoms with Gasteiger partial charge in [0.1, 0.15) is 11.7 Å².